The van der Waals surface area contributed by atoms with Crippen LogP contribution in [-0.4, -0.2) is 10.1 Å². The zero-order chi connectivity index (χ0) is 9.19. The predicted octanol–water partition coefficient (Wildman–Crippen LogP) is 2.32. The summed E-state index contributed by atoms with van der Waals surface area (Å²) in [5, 5.41) is 3.92. The van der Waals surface area contributed by atoms with E-state index in [1.54, 1.807) is 0 Å². The smallest absolute Gasteiger partial charge is 0.226 e. The molecule has 1 heterocycles. The van der Waals surface area contributed by atoms with Gasteiger partial charge in [0.15, 0.2) is 5.82 Å². The molecular weight excluding hydrogens is 152 g/mol. The monoisotopic (exact) mass is 168 g/mol. The molecule has 0 unspecified atom stereocenters. The van der Waals surface area contributed by atoms with Crippen LogP contribution in [0.4, 0.5) is 0 Å². The first kappa shape index (κ1) is 9.23. The van der Waals surface area contributed by atoms with Gasteiger partial charge in [0, 0.05) is 11.8 Å². The summed E-state index contributed by atoms with van der Waals surface area (Å²) in [4.78, 5) is 4.29. The van der Waals surface area contributed by atoms with Gasteiger partial charge in [-0.25, -0.2) is 0 Å². The van der Waals surface area contributed by atoms with Crippen LogP contribution in [0.25, 0.3) is 0 Å². The molecule has 1 aromatic heterocycles. The van der Waals surface area contributed by atoms with Crippen molar-refractivity contribution in [3.8, 4) is 0 Å². The molecule has 0 amide bonds. The molecule has 0 atom stereocenters. The fourth-order valence-electron chi connectivity index (χ4n) is 0.875. The quantitative estimate of drug-likeness (QED) is 0.680. The first-order chi connectivity index (χ1) is 5.54. The maximum atomic E-state index is 5.07. The Balaban J connectivity index is 2.77. The number of aromatic nitrogens is 2. The molecule has 0 aliphatic heterocycles. The molecule has 1 rings (SSSR count). The molecule has 0 bridgehead atoms. The number of hydrogen-bond acceptors (Lipinski definition) is 3. The Morgan fingerprint density at radius 1 is 1.33 bits per heavy atom. The largest absolute Gasteiger partial charge is 0.339 e. The Hall–Kier alpha value is -0.860. The van der Waals surface area contributed by atoms with Crippen LogP contribution >= 0.6 is 0 Å². The maximum absolute atomic E-state index is 5.07. The molecule has 3 nitrogen and oxygen atoms in total. The van der Waals surface area contributed by atoms with Gasteiger partial charge in [-0.2, -0.15) is 4.98 Å². The Morgan fingerprint density at radius 2 is 2.00 bits per heavy atom. The number of hydrogen-bond donors (Lipinski definition) is 0. The number of aryl methyl sites for hydroxylation is 1. The van der Waals surface area contributed by atoms with Crippen LogP contribution in [0.1, 0.15) is 45.8 Å². The summed E-state index contributed by atoms with van der Waals surface area (Å²) >= 11 is 0. The summed E-state index contributed by atoms with van der Waals surface area (Å²) in [5.41, 5.74) is -0.00447. The number of nitrogens with zero attached hydrogens (tertiary/aromatic N) is 2. The third-order valence-electron chi connectivity index (χ3n) is 1.60. The van der Waals surface area contributed by atoms with Crippen LogP contribution in [0.2, 0.25) is 0 Å². The summed E-state index contributed by atoms with van der Waals surface area (Å²) < 4.78 is 5.07. The van der Waals surface area contributed by atoms with Crippen molar-refractivity contribution in [1.29, 1.82) is 0 Å². The second-order valence-electron chi connectivity index (χ2n) is 4.01. The molecule has 1 aromatic rings. The van der Waals surface area contributed by atoms with Crippen molar-refractivity contribution >= 4 is 0 Å². The Bertz CT molecular complexity index is 247. The lowest BCUT2D eigenvalue weighted by molar-refractivity contribution is 0.362. The summed E-state index contributed by atoms with van der Waals surface area (Å²) in [6.07, 6.45) is 1.93. The van der Waals surface area contributed by atoms with E-state index in [1.165, 1.54) is 0 Å². The molecule has 0 aliphatic carbocycles. The van der Waals surface area contributed by atoms with Crippen LogP contribution in [-0.2, 0) is 11.8 Å². The van der Waals surface area contributed by atoms with Crippen molar-refractivity contribution in [2.45, 2.75) is 46.0 Å². The van der Waals surface area contributed by atoms with Gasteiger partial charge in [0.2, 0.25) is 5.89 Å². The molecule has 0 fully saturated rings. The first-order valence-electron chi connectivity index (χ1n) is 4.37. The predicted molar refractivity (Wildman–Crippen MR) is 47.0 cm³/mol. The molecule has 68 valence electrons. The van der Waals surface area contributed by atoms with Crippen molar-refractivity contribution < 1.29 is 4.52 Å². The lowest BCUT2D eigenvalue weighted by Crippen LogP contribution is -2.13. The molecule has 3 heteroatoms. The average molecular weight is 168 g/mol. The lowest BCUT2D eigenvalue weighted by atomic mass is 9.96. The summed E-state index contributed by atoms with van der Waals surface area (Å²) in [5.74, 6) is 1.55. The molecule has 0 saturated carbocycles. The van der Waals surface area contributed by atoms with E-state index in [9.17, 15) is 0 Å². The van der Waals surface area contributed by atoms with Crippen LogP contribution in [0.3, 0.4) is 0 Å². The second-order valence-corrected chi connectivity index (χ2v) is 4.01. The van der Waals surface area contributed by atoms with Gasteiger partial charge in [0.25, 0.3) is 0 Å². The third-order valence-corrected chi connectivity index (χ3v) is 1.60. The number of rotatable bonds is 2. The fourth-order valence-corrected chi connectivity index (χ4v) is 0.875. The Kier molecular flexibility index (Phi) is 2.50. The maximum Gasteiger partial charge on any atom is 0.226 e. The first-order valence-corrected chi connectivity index (χ1v) is 4.37. The van der Waals surface area contributed by atoms with Crippen molar-refractivity contribution in [1.82, 2.24) is 10.1 Å². The minimum atomic E-state index is -0.00447. The minimum absolute atomic E-state index is 0.00447. The fraction of sp³-hybridized carbons (Fsp3) is 0.778. The van der Waals surface area contributed by atoms with Gasteiger partial charge in [0.1, 0.15) is 0 Å². The van der Waals surface area contributed by atoms with Crippen molar-refractivity contribution in [3.63, 3.8) is 0 Å². The van der Waals surface area contributed by atoms with Gasteiger partial charge in [-0.3, -0.25) is 0 Å². The highest BCUT2D eigenvalue weighted by atomic mass is 16.5. The van der Waals surface area contributed by atoms with E-state index in [2.05, 4.69) is 37.8 Å². The summed E-state index contributed by atoms with van der Waals surface area (Å²) in [7, 11) is 0. The van der Waals surface area contributed by atoms with Crippen LogP contribution in [0.5, 0.6) is 0 Å². The van der Waals surface area contributed by atoms with Crippen molar-refractivity contribution in [2.24, 2.45) is 0 Å². The van der Waals surface area contributed by atoms with Gasteiger partial charge in [-0.15, -0.1) is 0 Å². The zero-order valence-electron chi connectivity index (χ0n) is 8.22. The topological polar surface area (TPSA) is 38.9 Å². The lowest BCUT2D eigenvalue weighted by Gasteiger charge is -2.10. The highest BCUT2D eigenvalue weighted by Gasteiger charge is 2.20. The molecule has 0 radical (unpaired) electrons. The summed E-state index contributed by atoms with van der Waals surface area (Å²) in [6.45, 7) is 8.33. The van der Waals surface area contributed by atoms with Crippen molar-refractivity contribution in [3.05, 3.63) is 11.7 Å². The van der Waals surface area contributed by atoms with E-state index in [0.717, 1.165) is 24.6 Å². The SMILES string of the molecule is CCCc1nc(C(C)(C)C)no1. The van der Waals surface area contributed by atoms with E-state index in [4.69, 9.17) is 4.52 Å². The highest BCUT2D eigenvalue weighted by molar-refractivity contribution is 4.99. The molecule has 0 aliphatic rings. The molecule has 12 heavy (non-hydrogen) atoms. The Morgan fingerprint density at radius 3 is 2.42 bits per heavy atom. The third kappa shape index (κ3) is 2.06. The van der Waals surface area contributed by atoms with E-state index in [-0.39, 0.29) is 5.41 Å². The zero-order valence-corrected chi connectivity index (χ0v) is 8.22. The summed E-state index contributed by atoms with van der Waals surface area (Å²) in [6, 6.07) is 0. The van der Waals surface area contributed by atoms with Gasteiger partial charge >= 0.3 is 0 Å². The molecule has 0 spiro atoms. The average Bonchev–Trinajstić information content (AvgIpc) is 2.35. The molecule has 0 aromatic carbocycles. The molecular formula is C9H16N2O. The van der Waals surface area contributed by atoms with Gasteiger partial charge < -0.3 is 4.52 Å². The second kappa shape index (κ2) is 3.25. The molecule has 0 N–H and O–H groups in total. The van der Waals surface area contributed by atoms with Gasteiger partial charge in [-0.05, 0) is 6.42 Å². The normalized spacial score (nSPS) is 12.0. The van der Waals surface area contributed by atoms with Crippen LogP contribution < -0.4 is 0 Å². The minimum Gasteiger partial charge on any atom is -0.339 e. The van der Waals surface area contributed by atoms with Gasteiger partial charge in [-0.1, -0.05) is 32.9 Å². The van der Waals surface area contributed by atoms with E-state index in [0.29, 0.717) is 0 Å². The van der Waals surface area contributed by atoms with Gasteiger partial charge in [0.05, 0.1) is 0 Å². The van der Waals surface area contributed by atoms with E-state index in [1.807, 2.05) is 0 Å². The van der Waals surface area contributed by atoms with E-state index < -0.39 is 0 Å². The molecule has 0 saturated heterocycles. The van der Waals surface area contributed by atoms with Crippen molar-refractivity contribution in [2.75, 3.05) is 0 Å². The Labute approximate surface area is 73.2 Å². The van der Waals surface area contributed by atoms with Crippen LogP contribution in [0.15, 0.2) is 4.52 Å². The van der Waals surface area contributed by atoms with E-state index >= 15 is 0 Å². The standard InChI is InChI=1S/C9H16N2O/c1-5-6-7-10-8(11-12-7)9(2,3)4/h5-6H2,1-4H3. The highest BCUT2D eigenvalue weighted by Crippen LogP contribution is 2.18. The van der Waals surface area contributed by atoms with Crippen LogP contribution in [0, 0.1) is 0 Å².